The molecular formula is C26H30Cl3NO3Si. The number of nitrogens with two attached hydrogens (primary N) is 1. The predicted octanol–water partition coefficient (Wildman–Crippen LogP) is 5.10. The molecule has 0 unspecified atom stereocenters. The van der Waals surface area contributed by atoms with Crippen molar-refractivity contribution in [3.63, 3.8) is 0 Å². The van der Waals surface area contributed by atoms with E-state index in [1.54, 1.807) is 0 Å². The topological polar surface area (TPSA) is 72.6 Å². The molecule has 182 valence electrons. The third kappa shape index (κ3) is 7.32. The van der Waals surface area contributed by atoms with Crippen LogP contribution in [0.25, 0.3) is 0 Å². The SMILES string of the molecule is CC(C)(C)[Si](OCc1ccc(CO)cc1)(c1ccccc1)c1ccccc1.NC(=O)C(Cl)(Cl)Cl. The maximum Gasteiger partial charge on any atom is 0.269 e. The molecule has 0 bridgehead atoms. The van der Waals surface area contributed by atoms with Crippen LogP contribution in [0.15, 0.2) is 84.9 Å². The molecule has 3 rings (SSSR count). The second-order valence-corrected chi connectivity index (χ2v) is 15.4. The minimum absolute atomic E-state index is 0.0270. The van der Waals surface area contributed by atoms with Crippen molar-refractivity contribution in [3.8, 4) is 0 Å². The van der Waals surface area contributed by atoms with Crippen molar-refractivity contribution >= 4 is 59.4 Å². The maximum atomic E-state index is 9.85. The number of halogens is 3. The summed E-state index contributed by atoms with van der Waals surface area (Å²) in [6.07, 6.45) is 0. The molecule has 0 aromatic heterocycles. The molecule has 0 saturated carbocycles. The summed E-state index contributed by atoms with van der Waals surface area (Å²) in [6.45, 7) is 7.48. The van der Waals surface area contributed by atoms with Gasteiger partial charge in [0, 0.05) is 0 Å². The van der Waals surface area contributed by atoms with Gasteiger partial charge < -0.3 is 15.3 Å². The Balaban J connectivity index is 0.000000509. The average molecular weight is 539 g/mol. The highest BCUT2D eigenvalue weighted by atomic mass is 35.6. The number of hydrogen-bond donors (Lipinski definition) is 2. The summed E-state index contributed by atoms with van der Waals surface area (Å²) < 4.78 is 4.96. The number of carbonyl (C=O) groups excluding carboxylic acids is 1. The van der Waals surface area contributed by atoms with E-state index in [0.717, 1.165) is 11.1 Å². The van der Waals surface area contributed by atoms with E-state index in [2.05, 4.69) is 87.2 Å². The third-order valence-corrected chi connectivity index (χ3v) is 10.9. The zero-order valence-electron chi connectivity index (χ0n) is 19.5. The van der Waals surface area contributed by atoms with E-state index in [9.17, 15) is 9.90 Å². The van der Waals surface area contributed by atoms with Crippen LogP contribution < -0.4 is 16.1 Å². The molecular weight excluding hydrogens is 509 g/mol. The zero-order valence-corrected chi connectivity index (χ0v) is 22.7. The summed E-state index contributed by atoms with van der Waals surface area (Å²) in [4.78, 5) is 9.85. The van der Waals surface area contributed by atoms with Crippen molar-refractivity contribution in [1.82, 2.24) is 0 Å². The molecule has 0 aliphatic rings. The van der Waals surface area contributed by atoms with Crippen molar-refractivity contribution in [2.45, 2.75) is 42.8 Å². The van der Waals surface area contributed by atoms with E-state index in [0.29, 0.717) is 6.61 Å². The molecule has 0 atom stereocenters. The van der Waals surface area contributed by atoms with E-state index in [1.807, 2.05) is 24.3 Å². The molecule has 3 aromatic rings. The van der Waals surface area contributed by atoms with E-state index >= 15 is 0 Å². The Morgan fingerprint density at radius 1 is 0.824 bits per heavy atom. The first-order valence-corrected chi connectivity index (χ1v) is 13.8. The Morgan fingerprint density at radius 3 is 1.53 bits per heavy atom. The van der Waals surface area contributed by atoms with Gasteiger partial charge >= 0.3 is 0 Å². The standard InChI is InChI=1S/C24H28O2Si.C2H2Cl3NO/c1-24(2,3)27(22-10-6-4-7-11-22,23-12-8-5-9-13-23)26-19-21-16-14-20(18-25)15-17-21;3-2(4,5)1(6)7/h4-17,25H,18-19H2,1-3H3;(H2,6,7). The lowest BCUT2D eigenvalue weighted by Crippen LogP contribution is -2.66. The van der Waals surface area contributed by atoms with Gasteiger partial charge in [0.05, 0.1) is 13.2 Å². The highest BCUT2D eigenvalue weighted by Gasteiger charge is 2.50. The van der Waals surface area contributed by atoms with Crippen LogP contribution in [0.3, 0.4) is 0 Å². The first kappa shape index (κ1) is 28.4. The lowest BCUT2D eigenvalue weighted by molar-refractivity contribution is -0.117. The van der Waals surface area contributed by atoms with E-state index < -0.39 is 18.0 Å². The van der Waals surface area contributed by atoms with Crippen LogP contribution in [-0.2, 0) is 22.4 Å². The summed E-state index contributed by atoms with van der Waals surface area (Å²) in [6, 6.07) is 29.4. The second kappa shape index (κ2) is 12.2. The number of primary amides is 1. The third-order valence-electron chi connectivity index (χ3n) is 5.36. The highest BCUT2D eigenvalue weighted by molar-refractivity contribution is 6.99. The summed E-state index contributed by atoms with van der Waals surface area (Å²) in [7, 11) is -2.50. The molecule has 1 amide bonds. The van der Waals surface area contributed by atoms with E-state index in [4.69, 9.17) is 39.2 Å². The molecule has 3 aromatic carbocycles. The number of aliphatic hydroxyl groups is 1. The molecule has 8 heteroatoms. The monoisotopic (exact) mass is 537 g/mol. The molecule has 0 fully saturated rings. The van der Waals surface area contributed by atoms with Gasteiger partial charge in [-0.15, -0.1) is 0 Å². The predicted molar refractivity (Wildman–Crippen MR) is 144 cm³/mol. The van der Waals surface area contributed by atoms with Crippen molar-refractivity contribution in [2.75, 3.05) is 0 Å². The minimum Gasteiger partial charge on any atom is -0.403 e. The van der Waals surface area contributed by atoms with Gasteiger partial charge in [-0.05, 0) is 26.5 Å². The van der Waals surface area contributed by atoms with Crippen LogP contribution in [0.4, 0.5) is 0 Å². The van der Waals surface area contributed by atoms with Crippen LogP contribution in [0.2, 0.25) is 5.04 Å². The number of alkyl halides is 3. The first-order chi connectivity index (χ1) is 15.9. The normalized spacial score (nSPS) is 12.0. The average Bonchev–Trinajstić information content (AvgIpc) is 2.80. The van der Waals surface area contributed by atoms with Gasteiger partial charge in [0.15, 0.2) is 0 Å². The molecule has 4 nitrogen and oxygen atoms in total. The largest absolute Gasteiger partial charge is 0.403 e. The number of carbonyl (C=O) groups is 1. The van der Waals surface area contributed by atoms with Crippen LogP contribution in [-0.4, -0.2) is 23.1 Å². The smallest absolute Gasteiger partial charge is 0.269 e. The summed E-state index contributed by atoms with van der Waals surface area (Å²) in [5.74, 6) is -0.961. The first-order valence-electron chi connectivity index (χ1n) is 10.7. The number of rotatable bonds is 6. The fourth-order valence-electron chi connectivity index (χ4n) is 3.69. The van der Waals surface area contributed by atoms with Gasteiger partial charge in [0.25, 0.3) is 18.0 Å². The van der Waals surface area contributed by atoms with Crippen molar-refractivity contribution in [2.24, 2.45) is 5.73 Å². The second-order valence-electron chi connectivity index (χ2n) is 8.79. The minimum atomic E-state index is -2.50. The van der Waals surface area contributed by atoms with Gasteiger partial charge in [-0.3, -0.25) is 4.79 Å². The summed E-state index contributed by atoms with van der Waals surface area (Å²) in [5, 5.41) is 11.8. The van der Waals surface area contributed by atoms with Gasteiger partial charge in [0.2, 0.25) is 0 Å². The zero-order chi connectivity index (χ0) is 25.4. The lowest BCUT2D eigenvalue weighted by atomic mass is 10.1. The van der Waals surface area contributed by atoms with Gasteiger partial charge in [0.1, 0.15) is 0 Å². The Hall–Kier alpha value is -1.86. The van der Waals surface area contributed by atoms with Crippen molar-refractivity contribution in [3.05, 3.63) is 96.1 Å². The Morgan fingerprint density at radius 2 is 1.21 bits per heavy atom. The molecule has 34 heavy (non-hydrogen) atoms. The van der Waals surface area contributed by atoms with Crippen LogP contribution >= 0.6 is 34.8 Å². The van der Waals surface area contributed by atoms with Gasteiger partial charge in [-0.25, -0.2) is 0 Å². The lowest BCUT2D eigenvalue weighted by Gasteiger charge is -2.43. The van der Waals surface area contributed by atoms with E-state index in [-0.39, 0.29) is 11.6 Å². The maximum absolute atomic E-state index is 9.85. The Kier molecular flexibility index (Phi) is 10.2. The van der Waals surface area contributed by atoms with E-state index in [1.165, 1.54) is 10.4 Å². The highest BCUT2D eigenvalue weighted by Crippen LogP contribution is 2.37. The summed E-state index contributed by atoms with van der Waals surface area (Å²) in [5.41, 5.74) is 6.58. The quantitative estimate of drug-likeness (QED) is 0.339. The van der Waals surface area contributed by atoms with Crippen LogP contribution in [0, 0.1) is 0 Å². The van der Waals surface area contributed by atoms with Crippen LogP contribution in [0.5, 0.6) is 0 Å². The molecule has 0 spiro atoms. The molecule has 0 saturated heterocycles. The Labute approximate surface area is 217 Å². The number of aliphatic hydroxyl groups excluding tert-OH is 1. The van der Waals surface area contributed by atoms with Gasteiger partial charge in [-0.1, -0.05) is 141 Å². The fraction of sp³-hybridized carbons (Fsp3) is 0.269. The molecule has 0 aliphatic heterocycles. The van der Waals surface area contributed by atoms with Crippen LogP contribution in [0.1, 0.15) is 31.9 Å². The Bertz CT molecular complexity index is 995. The number of amides is 1. The number of hydrogen-bond acceptors (Lipinski definition) is 3. The number of benzene rings is 3. The van der Waals surface area contributed by atoms with Crippen molar-refractivity contribution < 1.29 is 14.3 Å². The molecule has 0 heterocycles. The van der Waals surface area contributed by atoms with Crippen molar-refractivity contribution in [1.29, 1.82) is 0 Å². The molecule has 0 radical (unpaired) electrons. The van der Waals surface area contributed by atoms with Gasteiger partial charge in [-0.2, -0.15) is 0 Å². The fourth-order valence-corrected chi connectivity index (χ4v) is 8.23. The summed E-state index contributed by atoms with van der Waals surface area (Å²) >= 11 is 14.8. The molecule has 3 N–H and O–H groups in total. The molecule has 0 aliphatic carbocycles.